The van der Waals surface area contributed by atoms with Gasteiger partial charge in [0.15, 0.2) is 11.4 Å². The van der Waals surface area contributed by atoms with E-state index in [1.54, 1.807) is 48.5 Å². The highest BCUT2D eigenvalue weighted by Crippen LogP contribution is 2.67. The molecule has 7 nitrogen and oxygen atoms in total. The van der Waals surface area contributed by atoms with E-state index in [9.17, 15) is 20.1 Å². The van der Waals surface area contributed by atoms with Crippen molar-refractivity contribution < 1.29 is 34.4 Å². The molecule has 1 aliphatic carbocycles. The van der Waals surface area contributed by atoms with E-state index in [2.05, 4.69) is 15.9 Å². The molecule has 0 unspecified atom stereocenters. The van der Waals surface area contributed by atoms with Gasteiger partial charge in [0.25, 0.3) is 0 Å². The van der Waals surface area contributed by atoms with Crippen molar-refractivity contribution >= 4 is 33.5 Å². The molecule has 0 radical (unpaired) electrons. The van der Waals surface area contributed by atoms with Crippen LogP contribution in [0.1, 0.15) is 22.7 Å². The van der Waals surface area contributed by atoms with Gasteiger partial charge in [-0.2, -0.15) is 0 Å². The normalized spacial score (nSPS) is 29.8. The first-order chi connectivity index (χ1) is 15.8. The minimum absolute atomic E-state index is 0.0921. The van der Waals surface area contributed by atoms with Crippen LogP contribution < -0.4 is 14.3 Å². The molecule has 3 aromatic rings. The second-order valence-corrected chi connectivity index (χ2v) is 9.54. The van der Waals surface area contributed by atoms with E-state index in [0.717, 1.165) is 4.47 Å². The van der Waals surface area contributed by atoms with E-state index in [1.807, 2.05) is 6.07 Å². The number of pyridine rings is 1. The van der Waals surface area contributed by atoms with Crippen molar-refractivity contribution in [3.05, 3.63) is 93.2 Å². The highest BCUT2D eigenvalue weighted by atomic mass is 79.9. The minimum Gasteiger partial charge on any atom is -0.481 e. The standard InChI is InChI=1S/C24H19BrClNO6/c1-32-27-12-16(26)11-17-20(27)23(31)21(28)18(22(29)30)19(13-5-3-2-4-6-13)24(23,33-17)14-7-9-15(25)10-8-14/h2-12,18-19,21,28,31H,1H3/p+1/t18-,19-,21-,23+,24+/m1/s1. The van der Waals surface area contributed by atoms with Crippen LogP contribution in [0.3, 0.4) is 0 Å². The molecule has 5 atom stereocenters. The summed E-state index contributed by atoms with van der Waals surface area (Å²) < 4.78 is 8.52. The van der Waals surface area contributed by atoms with Crippen molar-refractivity contribution in [3.8, 4) is 5.75 Å². The predicted octanol–water partition coefficient (Wildman–Crippen LogP) is 2.78. The molecule has 170 valence electrons. The largest absolute Gasteiger partial charge is 0.481 e. The van der Waals surface area contributed by atoms with Crippen LogP contribution in [0.15, 0.2) is 71.3 Å². The predicted molar refractivity (Wildman–Crippen MR) is 121 cm³/mol. The Morgan fingerprint density at radius 2 is 1.85 bits per heavy atom. The van der Waals surface area contributed by atoms with Crippen LogP contribution in [0, 0.1) is 5.92 Å². The molecule has 9 heteroatoms. The zero-order valence-corrected chi connectivity index (χ0v) is 19.7. The molecule has 2 aromatic carbocycles. The second kappa shape index (κ2) is 7.70. The van der Waals surface area contributed by atoms with Gasteiger partial charge >= 0.3 is 11.7 Å². The van der Waals surface area contributed by atoms with Gasteiger partial charge in [-0.1, -0.05) is 70.0 Å². The molecule has 2 heterocycles. The molecule has 2 aliphatic rings. The lowest BCUT2D eigenvalue weighted by Gasteiger charge is -2.39. The summed E-state index contributed by atoms with van der Waals surface area (Å²) in [6.07, 6.45) is -0.301. The Bertz CT molecular complexity index is 1240. The van der Waals surface area contributed by atoms with Gasteiger partial charge in [0.1, 0.15) is 18.2 Å². The average molecular weight is 534 g/mol. The third kappa shape index (κ3) is 2.88. The SMILES string of the molecule is CO[n+]1cc(Cl)cc2c1[C@]1(O)[C@H](O)[C@H](C(=O)O)[C@@H](c3ccccc3)[C@]1(c1ccc(Br)cc1)O2. The van der Waals surface area contributed by atoms with Crippen LogP contribution in [0.4, 0.5) is 0 Å². The van der Waals surface area contributed by atoms with Crippen LogP contribution in [0.2, 0.25) is 5.02 Å². The van der Waals surface area contributed by atoms with Crippen LogP contribution in [0.5, 0.6) is 5.75 Å². The maximum Gasteiger partial charge on any atom is 0.314 e. The van der Waals surface area contributed by atoms with Gasteiger partial charge < -0.3 is 20.1 Å². The summed E-state index contributed by atoms with van der Waals surface area (Å²) in [4.78, 5) is 17.9. The molecule has 0 bridgehead atoms. The van der Waals surface area contributed by atoms with Gasteiger partial charge in [-0.3, -0.25) is 9.63 Å². The van der Waals surface area contributed by atoms with Crippen LogP contribution in [-0.4, -0.2) is 34.5 Å². The fraction of sp³-hybridized carbons (Fsp3) is 0.250. The van der Waals surface area contributed by atoms with Crippen molar-refractivity contribution in [2.75, 3.05) is 7.11 Å². The van der Waals surface area contributed by atoms with E-state index in [1.165, 1.54) is 24.1 Å². The summed E-state index contributed by atoms with van der Waals surface area (Å²) in [6.45, 7) is 0. The number of aliphatic hydroxyl groups excluding tert-OH is 1. The zero-order chi connectivity index (χ0) is 23.5. The first-order valence-electron chi connectivity index (χ1n) is 10.2. The number of carboxylic acids is 1. The summed E-state index contributed by atoms with van der Waals surface area (Å²) in [5, 5.41) is 34.4. The number of carboxylic acid groups (broad SMARTS) is 1. The molecule has 5 rings (SSSR count). The molecule has 1 fully saturated rings. The summed E-state index contributed by atoms with van der Waals surface area (Å²) in [7, 11) is 1.38. The summed E-state index contributed by atoms with van der Waals surface area (Å²) in [5.74, 6) is -3.39. The monoisotopic (exact) mass is 532 g/mol. The first kappa shape index (κ1) is 22.2. The summed E-state index contributed by atoms with van der Waals surface area (Å²) >= 11 is 9.68. The lowest BCUT2D eigenvalue weighted by Crippen LogP contribution is -2.58. The van der Waals surface area contributed by atoms with Crippen molar-refractivity contribution in [3.63, 3.8) is 0 Å². The maximum atomic E-state index is 12.5. The van der Waals surface area contributed by atoms with Gasteiger partial charge in [0.2, 0.25) is 11.8 Å². The summed E-state index contributed by atoms with van der Waals surface area (Å²) in [6, 6.07) is 17.5. The number of halogens is 2. The van der Waals surface area contributed by atoms with Gasteiger partial charge in [-0.15, -0.1) is 0 Å². The van der Waals surface area contributed by atoms with Gasteiger partial charge in [0, 0.05) is 21.2 Å². The number of rotatable bonds is 4. The lowest BCUT2D eigenvalue weighted by molar-refractivity contribution is -0.893. The van der Waals surface area contributed by atoms with Crippen molar-refractivity contribution in [1.29, 1.82) is 0 Å². The number of hydrogen-bond donors (Lipinski definition) is 3. The van der Waals surface area contributed by atoms with Crippen molar-refractivity contribution in [1.82, 2.24) is 0 Å². The molecular formula is C24H20BrClNO6+. The van der Waals surface area contributed by atoms with Crippen molar-refractivity contribution in [2.24, 2.45) is 5.92 Å². The van der Waals surface area contributed by atoms with Crippen LogP contribution in [0.25, 0.3) is 0 Å². The van der Waals surface area contributed by atoms with E-state index >= 15 is 0 Å². The first-order valence-corrected chi connectivity index (χ1v) is 11.4. The Morgan fingerprint density at radius 3 is 2.45 bits per heavy atom. The van der Waals surface area contributed by atoms with Crippen LogP contribution in [-0.2, 0) is 16.0 Å². The Kier molecular flexibility index (Phi) is 5.17. The molecule has 1 aromatic heterocycles. The quantitative estimate of drug-likeness (QED) is 0.446. The zero-order valence-electron chi connectivity index (χ0n) is 17.4. The van der Waals surface area contributed by atoms with E-state index in [-0.39, 0.29) is 16.5 Å². The number of fused-ring (bicyclic) bond motifs is 3. The molecule has 33 heavy (non-hydrogen) atoms. The van der Waals surface area contributed by atoms with Crippen LogP contribution >= 0.6 is 27.5 Å². The number of aromatic nitrogens is 1. The highest BCUT2D eigenvalue weighted by molar-refractivity contribution is 9.10. The minimum atomic E-state index is -2.18. The number of aliphatic hydroxyl groups is 2. The second-order valence-electron chi connectivity index (χ2n) is 8.19. The molecule has 1 aliphatic heterocycles. The fourth-order valence-electron chi connectivity index (χ4n) is 5.41. The molecule has 0 saturated heterocycles. The third-order valence-corrected chi connectivity index (χ3v) is 7.38. The van der Waals surface area contributed by atoms with Gasteiger partial charge in [0.05, 0.1) is 5.92 Å². The van der Waals surface area contributed by atoms with E-state index in [4.69, 9.17) is 21.2 Å². The average Bonchev–Trinajstić information content (AvgIpc) is 3.17. The number of ether oxygens (including phenoxy) is 1. The molecule has 0 amide bonds. The van der Waals surface area contributed by atoms with E-state index in [0.29, 0.717) is 11.1 Å². The Hall–Kier alpha value is -2.65. The van der Waals surface area contributed by atoms with Gasteiger partial charge in [-0.05, 0) is 23.3 Å². The maximum absolute atomic E-state index is 12.5. The lowest BCUT2D eigenvalue weighted by atomic mass is 9.71. The molecule has 3 N–H and O–H groups in total. The Balaban J connectivity index is 1.90. The number of aliphatic carboxylic acids is 1. The summed E-state index contributed by atoms with van der Waals surface area (Å²) in [5.41, 5.74) is -2.68. The van der Waals surface area contributed by atoms with E-state index < -0.39 is 35.1 Å². The number of hydrogen-bond acceptors (Lipinski definition) is 5. The third-order valence-electron chi connectivity index (χ3n) is 6.64. The van der Waals surface area contributed by atoms with Crippen molar-refractivity contribution in [2.45, 2.75) is 23.2 Å². The number of benzene rings is 2. The molecule has 1 saturated carbocycles. The highest BCUT2D eigenvalue weighted by Gasteiger charge is 2.81. The van der Waals surface area contributed by atoms with Gasteiger partial charge in [-0.25, -0.2) is 0 Å². The topological polar surface area (TPSA) is 100 Å². The molecular weight excluding hydrogens is 514 g/mol. The Morgan fingerprint density at radius 1 is 1.18 bits per heavy atom. The number of carbonyl (C=O) groups is 1. The fourth-order valence-corrected chi connectivity index (χ4v) is 5.86. The Labute approximate surface area is 202 Å². The smallest absolute Gasteiger partial charge is 0.314 e. The molecule has 0 spiro atoms. The number of nitrogens with zero attached hydrogens (tertiary/aromatic N) is 1.